The number of fused-ring (bicyclic) bond motifs is 1. The molecule has 1 heterocycles. The lowest BCUT2D eigenvalue weighted by Crippen LogP contribution is -2.42. The summed E-state index contributed by atoms with van der Waals surface area (Å²) in [4.78, 5) is 16.1. The van der Waals surface area contributed by atoms with Gasteiger partial charge in [0.05, 0.1) is 22.2 Å². The molecule has 0 bridgehead atoms. The molecule has 0 fully saturated rings. The zero-order valence-electron chi connectivity index (χ0n) is 16.4. The summed E-state index contributed by atoms with van der Waals surface area (Å²) in [6.07, 6.45) is 0. The number of aromatic nitrogens is 2. The molecular formula is C20H24N4O4S. The first kappa shape index (κ1) is 20.8. The maximum Gasteiger partial charge on any atom is 0.244 e. The maximum atomic E-state index is 12.8. The number of carbonyl (C=O) groups is 1. The van der Waals surface area contributed by atoms with E-state index >= 15 is 0 Å². The minimum atomic E-state index is -3.80. The van der Waals surface area contributed by atoms with Crippen molar-refractivity contribution in [3.63, 3.8) is 0 Å². The number of amides is 1. The molecule has 0 aliphatic rings. The predicted molar refractivity (Wildman–Crippen MR) is 111 cm³/mol. The van der Waals surface area contributed by atoms with E-state index in [-0.39, 0.29) is 11.5 Å². The largest absolute Gasteiger partial charge is 0.380 e. The number of nitrogens with two attached hydrogens (primary N) is 2. The van der Waals surface area contributed by atoms with Crippen LogP contribution in [-0.4, -0.2) is 33.6 Å². The first-order valence-corrected chi connectivity index (χ1v) is 10.6. The molecule has 3 aromatic rings. The number of hydrogen-bond donors (Lipinski definition) is 3. The van der Waals surface area contributed by atoms with Crippen LogP contribution in [0.1, 0.15) is 31.9 Å². The zero-order valence-corrected chi connectivity index (χ0v) is 17.2. The Labute approximate surface area is 169 Å². The van der Waals surface area contributed by atoms with E-state index in [1.165, 1.54) is 13.0 Å². The van der Waals surface area contributed by atoms with E-state index in [9.17, 15) is 18.3 Å². The number of rotatable bonds is 6. The highest BCUT2D eigenvalue weighted by Gasteiger charge is 2.41. The SMILES string of the molecule is CC(C(N)=O)C(O)(c1ccccc1)c1ccc2nc(N)n(S(=O)(=O)C(C)C)c2c1. The van der Waals surface area contributed by atoms with E-state index < -0.39 is 32.7 Å². The Kier molecular flexibility index (Phi) is 5.14. The third-order valence-electron chi connectivity index (χ3n) is 5.19. The highest BCUT2D eigenvalue weighted by molar-refractivity contribution is 7.90. The molecule has 8 nitrogen and oxygen atoms in total. The summed E-state index contributed by atoms with van der Waals surface area (Å²) in [6, 6.07) is 13.3. The highest BCUT2D eigenvalue weighted by atomic mass is 32.2. The molecule has 1 amide bonds. The second-order valence-corrected chi connectivity index (χ2v) is 9.63. The number of aliphatic hydroxyl groups is 1. The van der Waals surface area contributed by atoms with E-state index in [4.69, 9.17) is 11.5 Å². The molecule has 2 unspecified atom stereocenters. The minimum Gasteiger partial charge on any atom is -0.380 e. The standard InChI is InChI=1S/C20H24N4O4S/c1-12(2)29(27,28)24-17-11-15(9-10-16(17)23-19(24)22)20(26,13(3)18(21)25)14-7-5-4-6-8-14/h4-13,26H,1-3H3,(H2,21,25)(H2,22,23). The van der Waals surface area contributed by atoms with Gasteiger partial charge in [-0.2, -0.15) is 0 Å². The van der Waals surface area contributed by atoms with Gasteiger partial charge in [-0.25, -0.2) is 17.4 Å². The number of carbonyl (C=O) groups excluding carboxylic acids is 1. The maximum absolute atomic E-state index is 12.8. The van der Waals surface area contributed by atoms with Gasteiger partial charge in [-0.15, -0.1) is 0 Å². The van der Waals surface area contributed by atoms with E-state index in [1.807, 2.05) is 0 Å². The normalized spacial score (nSPS) is 15.3. The Hall–Kier alpha value is -2.91. The minimum absolute atomic E-state index is 0.169. The Morgan fingerprint density at radius 1 is 1.10 bits per heavy atom. The summed E-state index contributed by atoms with van der Waals surface area (Å²) in [5.41, 5.74) is 11.0. The number of hydrogen-bond acceptors (Lipinski definition) is 6. The third-order valence-corrected chi connectivity index (χ3v) is 7.28. The lowest BCUT2D eigenvalue weighted by Gasteiger charge is -2.33. The van der Waals surface area contributed by atoms with E-state index in [0.29, 0.717) is 16.6 Å². The van der Waals surface area contributed by atoms with Crippen LogP contribution in [0.25, 0.3) is 11.0 Å². The predicted octanol–water partition coefficient (Wildman–Crippen LogP) is 1.56. The van der Waals surface area contributed by atoms with Crippen LogP contribution in [0, 0.1) is 5.92 Å². The quantitative estimate of drug-likeness (QED) is 0.557. The van der Waals surface area contributed by atoms with Gasteiger partial charge in [-0.05, 0) is 37.1 Å². The molecule has 2 aromatic carbocycles. The van der Waals surface area contributed by atoms with Crippen LogP contribution in [0.5, 0.6) is 0 Å². The van der Waals surface area contributed by atoms with Crippen LogP contribution < -0.4 is 11.5 Å². The Morgan fingerprint density at radius 3 is 2.28 bits per heavy atom. The van der Waals surface area contributed by atoms with Crippen molar-refractivity contribution >= 4 is 32.9 Å². The van der Waals surface area contributed by atoms with Gasteiger partial charge >= 0.3 is 0 Å². The van der Waals surface area contributed by atoms with Crippen LogP contribution in [0.4, 0.5) is 5.95 Å². The molecule has 3 rings (SSSR count). The smallest absolute Gasteiger partial charge is 0.244 e. The van der Waals surface area contributed by atoms with Crippen molar-refractivity contribution in [3.8, 4) is 0 Å². The van der Waals surface area contributed by atoms with Crippen molar-refractivity contribution in [1.82, 2.24) is 8.96 Å². The van der Waals surface area contributed by atoms with Gasteiger partial charge in [0.2, 0.25) is 21.9 Å². The average Bonchev–Trinajstić information content (AvgIpc) is 3.02. The molecule has 29 heavy (non-hydrogen) atoms. The monoisotopic (exact) mass is 416 g/mol. The number of nitrogen functional groups attached to an aromatic ring is 1. The number of anilines is 1. The molecule has 2 atom stereocenters. The molecule has 0 saturated carbocycles. The number of benzene rings is 2. The Balaban J connectivity index is 2.34. The van der Waals surface area contributed by atoms with Crippen LogP contribution in [0.3, 0.4) is 0 Å². The molecule has 0 spiro atoms. The summed E-state index contributed by atoms with van der Waals surface area (Å²) >= 11 is 0. The second kappa shape index (κ2) is 7.16. The summed E-state index contributed by atoms with van der Waals surface area (Å²) in [7, 11) is -3.80. The summed E-state index contributed by atoms with van der Waals surface area (Å²) in [5.74, 6) is -1.85. The highest BCUT2D eigenvalue weighted by Crippen LogP contribution is 2.38. The van der Waals surface area contributed by atoms with E-state index in [1.54, 1.807) is 56.3 Å². The van der Waals surface area contributed by atoms with Crippen molar-refractivity contribution in [2.45, 2.75) is 31.6 Å². The number of nitrogens with zero attached hydrogens (tertiary/aromatic N) is 2. The van der Waals surface area contributed by atoms with E-state index in [0.717, 1.165) is 3.97 Å². The fraction of sp³-hybridized carbons (Fsp3) is 0.300. The molecule has 9 heteroatoms. The molecule has 154 valence electrons. The average molecular weight is 417 g/mol. The third kappa shape index (κ3) is 3.26. The first-order chi connectivity index (χ1) is 13.5. The van der Waals surface area contributed by atoms with Gasteiger partial charge in [-0.1, -0.05) is 43.3 Å². The lowest BCUT2D eigenvalue weighted by molar-refractivity contribution is -0.128. The van der Waals surface area contributed by atoms with Crippen molar-refractivity contribution in [2.24, 2.45) is 11.7 Å². The molecule has 0 aliphatic carbocycles. The van der Waals surface area contributed by atoms with Gasteiger partial charge in [0.15, 0.2) is 0 Å². The zero-order chi connectivity index (χ0) is 21.6. The van der Waals surface area contributed by atoms with Crippen molar-refractivity contribution in [3.05, 3.63) is 59.7 Å². The van der Waals surface area contributed by atoms with E-state index in [2.05, 4.69) is 4.98 Å². The molecule has 0 radical (unpaired) electrons. The summed E-state index contributed by atoms with van der Waals surface area (Å²) in [5, 5.41) is 10.9. The first-order valence-electron chi connectivity index (χ1n) is 9.11. The van der Waals surface area contributed by atoms with Crippen LogP contribution in [0.2, 0.25) is 0 Å². The molecule has 0 aliphatic heterocycles. The van der Waals surface area contributed by atoms with Gasteiger partial charge < -0.3 is 16.6 Å². The Morgan fingerprint density at radius 2 is 1.72 bits per heavy atom. The summed E-state index contributed by atoms with van der Waals surface area (Å²) in [6.45, 7) is 4.61. The number of imidazole rings is 1. The lowest BCUT2D eigenvalue weighted by atomic mass is 9.76. The topological polar surface area (TPSA) is 141 Å². The van der Waals surface area contributed by atoms with Gasteiger partial charge in [0.1, 0.15) is 5.60 Å². The van der Waals surface area contributed by atoms with Gasteiger partial charge in [0.25, 0.3) is 0 Å². The molecule has 0 saturated heterocycles. The molecule has 1 aromatic heterocycles. The van der Waals surface area contributed by atoms with Gasteiger partial charge in [-0.3, -0.25) is 4.79 Å². The second-order valence-electron chi connectivity index (χ2n) is 7.29. The van der Waals surface area contributed by atoms with Gasteiger partial charge in [0, 0.05) is 0 Å². The summed E-state index contributed by atoms with van der Waals surface area (Å²) < 4.78 is 26.6. The van der Waals surface area contributed by atoms with Crippen LogP contribution in [0.15, 0.2) is 48.5 Å². The molecule has 5 N–H and O–H groups in total. The van der Waals surface area contributed by atoms with Crippen LogP contribution in [-0.2, 0) is 20.4 Å². The Bertz CT molecular complexity index is 1170. The van der Waals surface area contributed by atoms with Crippen molar-refractivity contribution in [1.29, 1.82) is 0 Å². The van der Waals surface area contributed by atoms with Crippen molar-refractivity contribution < 1.29 is 18.3 Å². The van der Waals surface area contributed by atoms with Crippen LogP contribution >= 0.6 is 0 Å². The number of primary amides is 1. The fourth-order valence-corrected chi connectivity index (χ4v) is 4.50. The van der Waals surface area contributed by atoms with Crippen molar-refractivity contribution in [2.75, 3.05) is 5.73 Å². The molecular weight excluding hydrogens is 392 g/mol. The fourth-order valence-electron chi connectivity index (χ4n) is 3.35.